The highest BCUT2D eigenvalue weighted by molar-refractivity contribution is 7.99. The molecule has 2 rings (SSSR count). The molecule has 0 saturated carbocycles. The molecule has 0 bridgehead atoms. The van der Waals surface area contributed by atoms with Crippen LogP contribution in [0.5, 0.6) is 0 Å². The van der Waals surface area contributed by atoms with E-state index in [1.54, 1.807) is 0 Å². The van der Waals surface area contributed by atoms with Crippen LogP contribution in [0.15, 0.2) is 0 Å². The fraction of sp³-hybridized carbons (Fsp3) is 1.00. The topological polar surface area (TPSA) is 24.1 Å². The number of hydrogen-bond donors (Lipinski definition) is 2. The third-order valence-corrected chi connectivity index (χ3v) is 4.61. The van der Waals surface area contributed by atoms with Crippen LogP contribution < -0.4 is 10.6 Å². The van der Waals surface area contributed by atoms with Gasteiger partial charge in [-0.15, -0.1) is 0 Å². The zero-order chi connectivity index (χ0) is 9.80. The van der Waals surface area contributed by atoms with E-state index in [9.17, 15) is 0 Å². The molecule has 3 atom stereocenters. The van der Waals surface area contributed by atoms with Crippen molar-refractivity contribution >= 4 is 11.8 Å². The van der Waals surface area contributed by atoms with Crippen LogP contribution in [0.1, 0.15) is 26.2 Å². The van der Waals surface area contributed by atoms with Crippen molar-refractivity contribution in [2.24, 2.45) is 5.92 Å². The lowest BCUT2D eigenvalue weighted by atomic mass is 9.94. The van der Waals surface area contributed by atoms with Gasteiger partial charge < -0.3 is 10.6 Å². The Labute approximate surface area is 91.6 Å². The molecular formula is C11H22N2S. The molecule has 0 spiro atoms. The maximum Gasteiger partial charge on any atom is 0.0161 e. The van der Waals surface area contributed by atoms with Crippen molar-refractivity contribution in [1.82, 2.24) is 10.6 Å². The van der Waals surface area contributed by atoms with Crippen LogP contribution in [0.3, 0.4) is 0 Å². The Morgan fingerprint density at radius 1 is 1.36 bits per heavy atom. The Balaban J connectivity index is 1.76. The highest BCUT2D eigenvalue weighted by Gasteiger charge is 2.24. The molecule has 2 heterocycles. The summed E-state index contributed by atoms with van der Waals surface area (Å²) >= 11 is 2.11. The highest BCUT2D eigenvalue weighted by atomic mass is 32.2. The first-order valence-corrected chi connectivity index (χ1v) is 7.06. The number of hydrogen-bond acceptors (Lipinski definition) is 3. The SMILES string of the molecule is CC1CNCCC1NC1CCCSC1. The van der Waals surface area contributed by atoms with Crippen LogP contribution in [-0.2, 0) is 0 Å². The van der Waals surface area contributed by atoms with E-state index in [2.05, 4.69) is 29.3 Å². The monoisotopic (exact) mass is 214 g/mol. The van der Waals surface area contributed by atoms with Gasteiger partial charge in [0.1, 0.15) is 0 Å². The van der Waals surface area contributed by atoms with Crippen molar-refractivity contribution in [1.29, 1.82) is 0 Å². The molecule has 14 heavy (non-hydrogen) atoms. The normalized spacial score (nSPS) is 39.6. The molecule has 2 aliphatic rings. The average molecular weight is 214 g/mol. The van der Waals surface area contributed by atoms with Gasteiger partial charge in [0.25, 0.3) is 0 Å². The minimum Gasteiger partial charge on any atom is -0.316 e. The van der Waals surface area contributed by atoms with Crippen LogP contribution in [0.25, 0.3) is 0 Å². The van der Waals surface area contributed by atoms with Gasteiger partial charge in [-0.2, -0.15) is 11.8 Å². The standard InChI is InChI=1S/C11H22N2S/c1-9-7-12-5-4-11(9)13-10-3-2-6-14-8-10/h9-13H,2-8H2,1H3. The lowest BCUT2D eigenvalue weighted by Gasteiger charge is -2.35. The first kappa shape index (κ1) is 10.8. The van der Waals surface area contributed by atoms with Crippen LogP contribution in [-0.4, -0.2) is 36.7 Å². The number of piperidine rings is 1. The van der Waals surface area contributed by atoms with E-state index in [1.807, 2.05) is 0 Å². The van der Waals surface area contributed by atoms with E-state index >= 15 is 0 Å². The molecule has 2 N–H and O–H groups in total. The van der Waals surface area contributed by atoms with Gasteiger partial charge in [-0.3, -0.25) is 0 Å². The third-order valence-electron chi connectivity index (χ3n) is 3.40. The smallest absolute Gasteiger partial charge is 0.0161 e. The molecule has 0 aliphatic carbocycles. The fourth-order valence-electron chi connectivity index (χ4n) is 2.44. The van der Waals surface area contributed by atoms with Gasteiger partial charge in [0.15, 0.2) is 0 Å². The van der Waals surface area contributed by atoms with E-state index in [0.717, 1.165) is 18.0 Å². The molecule has 2 aliphatic heterocycles. The van der Waals surface area contributed by atoms with E-state index in [1.165, 1.54) is 43.9 Å². The van der Waals surface area contributed by atoms with Gasteiger partial charge in [0.2, 0.25) is 0 Å². The molecule has 2 saturated heterocycles. The summed E-state index contributed by atoms with van der Waals surface area (Å²) in [6.45, 7) is 4.75. The number of thioether (sulfide) groups is 1. The van der Waals surface area contributed by atoms with Crippen LogP contribution in [0, 0.1) is 5.92 Å². The molecular weight excluding hydrogens is 192 g/mol. The van der Waals surface area contributed by atoms with Crippen molar-refractivity contribution in [2.75, 3.05) is 24.6 Å². The quantitative estimate of drug-likeness (QED) is 0.728. The Morgan fingerprint density at radius 2 is 2.29 bits per heavy atom. The predicted octanol–water partition coefficient (Wildman–Crippen LogP) is 1.47. The second-order valence-corrected chi connectivity index (χ2v) is 5.81. The molecule has 0 aromatic heterocycles. The maximum atomic E-state index is 3.85. The van der Waals surface area contributed by atoms with Gasteiger partial charge in [-0.25, -0.2) is 0 Å². The summed E-state index contributed by atoms with van der Waals surface area (Å²) in [7, 11) is 0. The lowest BCUT2D eigenvalue weighted by molar-refractivity contribution is 0.272. The summed E-state index contributed by atoms with van der Waals surface area (Å²) in [4.78, 5) is 0. The summed E-state index contributed by atoms with van der Waals surface area (Å²) in [5.41, 5.74) is 0. The van der Waals surface area contributed by atoms with Gasteiger partial charge in [0.05, 0.1) is 0 Å². The Morgan fingerprint density at radius 3 is 3.00 bits per heavy atom. The third kappa shape index (κ3) is 2.88. The average Bonchev–Trinajstić information content (AvgIpc) is 2.23. The van der Waals surface area contributed by atoms with E-state index in [-0.39, 0.29) is 0 Å². The van der Waals surface area contributed by atoms with Crippen LogP contribution in [0.2, 0.25) is 0 Å². The molecule has 2 nitrogen and oxygen atoms in total. The Hall–Kier alpha value is 0.270. The number of rotatable bonds is 2. The zero-order valence-corrected chi connectivity index (χ0v) is 9.91. The van der Waals surface area contributed by atoms with Gasteiger partial charge in [-0.1, -0.05) is 6.92 Å². The molecule has 0 amide bonds. The van der Waals surface area contributed by atoms with E-state index < -0.39 is 0 Å². The summed E-state index contributed by atoms with van der Waals surface area (Å²) in [5.74, 6) is 3.51. The molecule has 0 radical (unpaired) electrons. The first-order valence-electron chi connectivity index (χ1n) is 5.91. The summed E-state index contributed by atoms with van der Waals surface area (Å²) < 4.78 is 0. The van der Waals surface area contributed by atoms with Gasteiger partial charge >= 0.3 is 0 Å². The largest absolute Gasteiger partial charge is 0.316 e. The summed E-state index contributed by atoms with van der Waals surface area (Å²) in [6.07, 6.45) is 4.10. The Bertz CT molecular complexity index is 169. The minimum absolute atomic E-state index is 0.764. The zero-order valence-electron chi connectivity index (χ0n) is 9.09. The van der Waals surface area contributed by atoms with Gasteiger partial charge in [-0.05, 0) is 44.0 Å². The summed E-state index contributed by atoms with van der Waals surface area (Å²) in [6, 6.07) is 1.55. The molecule has 82 valence electrons. The van der Waals surface area contributed by atoms with E-state index in [0.29, 0.717) is 0 Å². The van der Waals surface area contributed by atoms with Crippen LogP contribution in [0.4, 0.5) is 0 Å². The Kier molecular flexibility index (Phi) is 4.14. The first-order chi connectivity index (χ1) is 6.86. The second-order valence-electron chi connectivity index (χ2n) is 4.66. The predicted molar refractivity (Wildman–Crippen MR) is 63.9 cm³/mol. The van der Waals surface area contributed by atoms with Crippen molar-refractivity contribution in [2.45, 2.75) is 38.3 Å². The molecule has 0 aromatic rings. The van der Waals surface area contributed by atoms with Gasteiger partial charge in [0, 0.05) is 17.8 Å². The summed E-state index contributed by atoms with van der Waals surface area (Å²) in [5, 5.41) is 7.30. The molecule has 3 heteroatoms. The lowest BCUT2D eigenvalue weighted by Crippen LogP contribution is -2.51. The van der Waals surface area contributed by atoms with Crippen molar-refractivity contribution < 1.29 is 0 Å². The van der Waals surface area contributed by atoms with Crippen molar-refractivity contribution in [3.8, 4) is 0 Å². The number of nitrogens with one attached hydrogen (secondary N) is 2. The highest BCUT2D eigenvalue weighted by Crippen LogP contribution is 2.19. The second kappa shape index (κ2) is 5.38. The fourth-order valence-corrected chi connectivity index (χ4v) is 3.52. The van der Waals surface area contributed by atoms with Crippen LogP contribution >= 0.6 is 11.8 Å². The molecule has 3 unspecified atom stereocenters. The van der Waals surface area contributed by atoms with E-state index in [4.69, 9.17) is 0 Å². The maximum absolute atomic E-state index is 3.85. The molecule has 0 aromatic carbocycles. The van der Waals surface area contributed by atoms with Crippen molar-refractivity contribution in [3.63, 3.8) is 0 Å². The van der Waals surface area contributed by atoms with Crippen molar-refractivity contribution in [3.05, 3.63) is 0 Å². The minimum atomic E-state index is 0.764. The molecule has 2 fully saturated rings.